The second-order valence-electron chi connectivity index (χ2n) is 2.77. The maximum atomic E-state index is 12.4. The summed E-state index contributed by atoms with van der Waals surface area (Å²) < 4.78 is 25.1. The molecule has 74 valence electrons. The summed E-state index contributed by atoms with van der Waals surface area (Å²) in [5.41, 5.74) is 1.15. The number of nitrogens with zero attached hydrogens (tertiary/aromatic N) is 2. The molecular weight excluding hydrogens is 301 g/mol. The van der Waals surface area contributed by atoms with Gasteiger partial charge < -0.3 is 0 Å². The molecule has 0 aromatic carbocycles. The van der Waals surface area contributed by atoms with Crippen LogP contribution in [0.4, 0.5) is 8.78 Å². The third-order valence-electron chi connectivity index (χ3n) is 1.78. The number of rotatable bonds is 2. The van der Waals surface area contributed by atoms with Crippen LogP contribution < -0.4 is 0 Å². The first-order chi connectivity index (χ1) is 6.56. The normalized spacial score (nSPS) is 10.3. The van der Waals surface area contributed by atoms with E-state index in [0.717, 1.165) is 0 Å². The van der Waals surface area contributed by atoms with E-state index in [4.69, 9.17) is 5.26 Å². The Morgan fingerprint density at radius 2 is 2.29 bits per heavy atom. The molecular formula is C9H7F2IN2. The van der Waals surface area contributed by atoms with E-state index in [1.54, 1.807) is 29.5 Å². The molecule has 0 bridgehead atoms. The van der Waals surface area contributed by atoms with Gasteiger partial charge in [0.25, 0.3) is 6.43 Å². The molecule has 0 N–H and O–H groups in total. The number of aryl methyl sites for hydroxylation is 1. The average Bonchev–Trinajstić information content (AvgIpc) is 2.10. The van der Waals surface area contributed by atoms with Gasteiger partial charge in [-0.2, -0.15) is 5.26 Å². The summed E-state index contributed by atoms with van der Waals surface area (Å²) in [7, 11) is 0. The SMILES string of the molecule is Cc1cc(C(F)F)c(I)nc1CC#N. The maximum Gasteiger partial charge on any atom is 0.266 e. The van der Waals surface area contributed by atoms with Crippen molar-refractivity contribution >= 4 is 22.6 Å². The van der Waals surface area contributed by atoms with Crippen molar-refractivity contribution < 1.29 is 8.78 Å². The minimum atomic E-state index is -2.51. The molecule has 1 rings (SSSR count). The monoisotopic (exact) mass is 308 g/mol. The third-order valence-corrected chi connectivity index (χ3v) is 2.64. The van der Waals surface area contributed by atoms with Crippen molar-refractivity contribution in [1.82, 2.24) is 4.98 Å². The first-order valence-corrected chi connectivity index (χ1v) is 4.95. The third kappa shape index (κ3) is 2.38. The predicted octanol–water partition coefficient (Wildman–Crippen LogP) is 3.00. The molecule has 0 radical (unpaired) electrons. The van der Waals surface area contributed by atoms with Gasteiger partial charge in [-0.15, -0.1) is 0 Å². The zero-order valence-corrected chi connectivity index (χ0v) is 9.55. The van der Waals surface area contributed by atoms with Gasteiger partial charge in [-0.3, -0.25) is 0 Å². The summed E-state index contributed by atoms with van der Waals surface area (Å²) in [4.78, 5) is 3.97. The van der Waals surface area contributed by atoms with Gasteiger partial charge in [0.15, 0.2) is 0 Å². The lowest BCUT2D eigenvalue weighted by Gasteiger charge is -2.07. The van der Waals surface area contributed by atoms with Gasteiger partial charge in [0.2, 0.25) is 0 Å². The highest BCUT2D eigenvalue weighted by atomic mass is 127. The quantitative estimate of drug-likeness (QED) is 0.622. The van der Waals surface area contributed by atoms with Crippen molar-refractivity contribution in [3.05, 3.63) is 26.6 Å². The maximum absolute atomic E-state index is 12.4. The summed E-state index contributed by atoms with van der Waals surface area (Å²) >= 11 is 1.76. The van der Waals surface area contributed by atoms with Gasteiger partial charge >= 0.3 is 0 Å². The standard InChI is InChI=1S/C9H7F2IN2/c1-5-4-6(8(10)11)9(12)14-7(5)2-3-13/h4,8H,2H2,1H3. The molecule has 2 nitrogen and oxygen atoms in total. The molecule has 0 aliphatic heterocycles. The molecule has 5 heteroatoms. The number of alkyl halides is 2. The zero-order chi connectivity index (χ0) is 10.7. The van der Waals surface area contributed by atoms with Crippen LogP contribution in [0.2, 0.25) is 0 Å². The molecule has 0 atom stereocenters. The second-order valence-corrected chi connectivity index (χ2v) is 3.79. The van der Waals surface area contributed by atoms with Gasteiger partial charge in [-0.1, -0.05) is 0 Å². The number of hydrogen-bond acceptors (Lipinski definition) is 2. The fourth-order valence-electron chi connectivity index (χ4n) is 1.05. The lowest BCUT2D eigenvalue weighted by atomic mass is 10.1. The molecule has 0 saturated heterocycles. The molecule has 1 heterocycles. The van der Waals surface area contributed by atoms with Crippen LogP contribution in [0.3, 0.4) is 0 Å². The van der Waals surface area contributed by atoms with Gasteiger partial charge in [0, 0.05) is 5.56 Å². The highest BCUT2D eigenvalue weighted by molar-refractivity contribution is 14.1. The van der Waals surface area contributed by atoms with E-state index < -0.39 is 6.43 Å². The van der Waals surface area contributed by atoms with Crippen LogP contribution in [0.5, 0.6) is 0 Å². The Morgan fingerprint density at radius 1 is 1.64 bits per heavy atom. The summed E-state index contributed by atoms with van der Waals surface area (Å²) in [5, 5.41) is 8.47. The van der Waals surface area contributed by atoms with Crippen LogP contribution in [0, 0.1) is 22.0 Å². The van der Waals surface area contributed by atoms with E-state index >= 15 is 0 Å². The van der Waals surface area contributed by atoms with Crippen molar-refractivity contribution in [3.63, 3.8) is 0 Å². The summed E-state index contributed by atoms with van der Waals surface area (Å²) in [6.07, 6.45) is -2.35. The van der Waals surface area contributed by atoms with E-state index in [-0.39, 0.29) is 15.7 Å². The number of aromatic nitrogens is 1. The highest BCUT2D eigenvalue weighted by Crippen LogP contribution is 2.25. The fourth-order valence-corrected chi connectivity index (χ4v) is 1.74. The smallest absolute Gasteiger partial charge is 0.245 e. The lowest BCUT2D eigenvalue weighted by Crippen LogP contribution is -2.00. The van der Waals surface area contributed by atoms with Crippen LogP contribution in [0.1, 0.15) is 23.2 Å². The van der Waals surface area contributed by atoms with Crippen molar-refractivity contribution in [1.29, 1.82) is 5.26 Å². The molecule has 0 unspecified atom stereocenters. The van der Waals surface area contributed by atoms with Crippen LogP contribution in [0.15, 0.2) is 6.07 Å². The number of pyridine rings is 1. The van der Waals surface area contributed by atoms with E-state index in [0.29, 0.717) is 11.3 Å². The topological polar surface area (TPSA) is 36.7 Å². The van der Waals surface area contributed by atoms with Crippen molar-refractivity contribution in [2.45, 2.75) is 19.8 Å². The molecule has 14 heavy (non-hydrogen) atoms. The molecule has 1 aromatic heterocycles. The Balaban J connectivity index is 3.18. The highest BCUT2D eigenvalue weighted by Gasteiger charge is 2.14. The molecule has 0 aliphatic carbocycles. The second kappa shape index (κ2) is 4.64. The van der Waals surface area contributed by atoms with E-state index in [2.05, 4.69) is 4.98 Å². The first-order valence-electron chi connectivity index (χ1n) is 3.87. The Bertz CT molecular complexity index is 385. The van der Waals surface area contributed by atoms with Gasteiger partial charge in [-0.25, -0.2) is 13.8 Å². The van der Waals surface area contributed by atoms with E-state index in [1.165, 1.54) is 6.07 Å². The van der Waals surface area contributed by atoms with Crippen molar-refractivity contribution in [2.24, 2.45) is 0 Å². The van der Waals surface area contributed by atoms with Crippen molar-refractivity contribution in [2.75, 3.05) is 0 Å². The van der Waals surface area contributed by atoms with Gasteiger partial charge in [0.05, 0.1) is 18.2 Å². The first kappa shape index (κ1) is 11.3. The molecule has 0 saturated carbocycles. The molecule has 0 amide bonds. The van der Waals surface area contributed by atoms with Crippen LogP contribution in [0.25, 0.3) is 0 Å². The van der Waals surface area contributed by atoms with E-state index in [1.807, 2.05) is 6.07 Å². The number of hydrogen-bond donors (Lipinski definition) is 0. The lowest BCUT2D eigenvalue weighted by molar-refractivity contribution is 0.149. The summed E-state index contributed by atoms with van der Waals surface area (Å²) in [5.74, 6) is 0. The van der Waals surface area contributed by atoms with Crippen LogP contribution >= 0.6 is 22.6 Å². The average molecular weight is 308 g/mol. The summed E-state index contributed by atoms with van der Waals surface area (Å²) in [6, 6.07) is 3.34. The van der Waals surface area contributed by atoms with Gasteiger partial charge in [0.1, 0.15) is 3.70 Å². The molecule has 0 aliphatic rings. The Kier molecular flexibility index (Phi) is 3.75. The fraction of sp³-hybridized carbons (Fsp3) is 0.333. The number of halogens is 3. The Morgan fingerprint density at radius 3 is 2.79 bits per heavy atom. The largest absolute Gasteiger partial charge is 0.266 e. The minimum Gasteiger partial charge on any atom is -0.245 e. The zero-order valence-electron chi connectivity index (χ0n) is 7.39. The predicted molar refractivity (Wildman–Crippen MR) is 56.0 cm³/mol. The summed E-state index contributed by atoms with van der Waals surface area (Å²) in [6.45, 7) is 1.68. The molecule has 0 spiro atoms. The minimum absolute atomic E-state index is 0.0650. The Hall–Kier alpha value is -0.770. The molecule has 1 aromatic rings. The Labute approximate surface area is 94.1 Å². The van der Waals surface area contributed by atoms with Crippen LogP contribution in [-0.2, 0) is 6.42 Å². The number of nitriles is 1. The van der Waals surface area contributed by atoms with Crippen LogP contribution in [-0.4, -0.2) is 4.98 Å². The van der Waals surface area contributed by atoms with Gasteiger partial charge in [-0.05, 0) is 41.1 Å². The van der Waals surface area contributed by atoms with E-state index in [9.17, 15) is 8.78 Å². The van der Waals surface area contributed by atoms with Crippen molar-refractivity contribution in [3.8, 4) is 6.07 Å². The molecule has 0 fully saturated rings.